The Morgan fingerprint density at radius 3 is 2.45 bits per heavy atom. The zero-order valence-corrected chi connectivity index (χ0v) is 16.9. The first-order chi connectivity index (χ1) is 14.0. The minimum absolute atomic E-state index is 0.0537. The van der Waals surface area contributed by atoms with Crippen molar-refractivity contribution in [2.75, 3.05) is 11.9 Å². The van der Waals surface area contributed by atoms with E-state index in [1.54, 1.807) is 13.8 Å². The van der Waals surface area contributed by atoms with E-state index in [1.165, 1.54) is 33.3 Å². The standard InChI is InChI=1S/C21H26N4O4/c1-3-28-20(26)18(11-25-12-22-13(2)24-25)29-21(27)23-19-16-8-4-6-14(16)10-15-7-5-9-17(15)19/h10,12,18H,3-9,11H2,1-2H3,(H,23,27). The minimum Gasteiger partial charge on any atom is -0.463 e. The van der Waals surface area contributed by atoms with Crippen LogP contribution in [0.3, 0.4) is 0 Å². The Morgan fingerprint density at radius 2 is 1.86 bits per heavy atom. The highest BCUT2D eigenvalue weighted by molar-refractivity contribution is 5.90. The number of amides is 1. The molecule has 1 N–H and O–H groups in total. The molecule has 0 saturated heterocycles. The van der Waals surface area contributed by atoms with Crippen LogP contribution >= 0.6 is 0 Å². The molecule has 1 amide bonds. The van der Waals surface area contributed by atoms with E-state index in [2.05, 4.69) is 21.5 Å². The van der Waals surface area contributed by atoms with Gasteiger partial charge in [0.1, 0.15) is 12.2 Å². The number of hydrogen-bond acceptors (Lipinski definition) is 6. The fraction of sp³-hybridized carbons (Fsp3) is 0.524. The van der Waals surface area contributed by atoms with Crippen molar-refractivity contribution in [1.29, 1.82) is 0 Å². The third-order valence-corrected chi connectivity index (χ3v) is 5.50. The molecule has 1 aromatic heterocycles. The van der Waals surface area contributed by atoms with E-state index in [4.69, 9.17) is 9.47 Å². The number of esters is 1. The van der Waals surface area contributed by atoms with Crippen molar-refractivity contribution in [1.82, 2.24) is 14.8 Å². The molecule has 2 aromatic rings. The maximum atomic E-state index is 12.7. The van der Waals surface area contributed by atoms with E-state index in [-0.39, 0.29) is 13.2 Å². The zero-order chi connectivity index (χ0) is 20.4. The number of carbonyl (C=O) groups excluding carboxylic acids is 2. The molecule has 1 atom stereocenters. The number of aromatic nitrogens is 3. The van der Waals surface area contributed by atoms with Crippen LogP contribution in [0.5, 0.6) is 0 Å². The summed E-state index contributed by atoms with van der Waals surface area (Å²) in [6.07, 6.45) is 5.95. The van der Waals surface area contributed by atoms with Gasteiger partial charge in [-0.3, -0.25) is 5.32 Å². The quantitative estimate of drug-likeness (QED) is 0.752. The number of nitrogens with one attached hydrogen (secondary N) is 1. The van der Waals surface area contributed by atoms with E-state index in [1.807, 2.05) is 0 Å². The topological polar surface area (TPSA) is 95.3 Å². The highest BCUT2D eigenvalue weighted by Crippen LogP contribution is 2.38. The van der Waals surface area contributed by atoms with Gasteiger partial charge in [0.25, 0.3) is 0 Å². The first-order valence-corrected chi connectivity index (χ1v) is 10.2. The average Bonchev–Trinajstić information content (AvgIpc) is 3.42. The molecule has 154 valence electrons. The van der Waals surface area contributed by atoms with Crippen molar-refractivity contribution < 1.29 is 19.1 Å². The SMILES string of the molecule is CCOC(=O)C(Cn1cnc(C)n1)OC(=O)Nc1c2c(cc3c1CCC3)CCC2. The van der Waals surface area contributed by atoms with Crippen LogP contribution in [0.15, 0.2) is 12.4 Å². The summed E-state index contributed by atoms with van der Waals surface area (Å²) in [4.78, 5) is 29.1. The largest absolute Gasteiger partial charge is 0.463 e. The van der Waals surface area contributed by atoms with Crippen molar-refractivity contribution >= 4 is 17.7 Å². The molecule has 0 fully saturated rings. The Morgan fingerprint density at radius 1 is 1.17 bits per heavy atom. The van der Waals surface area contributed by atoms with Crippen LogP contribution in [0.2, 0.25) is 0 Å². The Bertz CT molecular complexity index is 905. The molecule has 1 unspecified atom stereocenters. The van der Waals surface area contributed by atoms with Gasteiger partial charge in [0.2, 0.25) is 6.10 Å². The number of benzene rings is 1. The second kappa shape index (κ2) is 8.23. The highest BCUT2D eigenvalue weighted by Gasteiger charge is 2.29. The smallest absolute Gasteiger partial charge is 0.412 e. The van der Waals surface area contributed by atoms with Gasteiger partial charge in [-0.05, 0) is 74.6 Å². The third kappa shape index (κ3) is 4.11. The lowest BCUT2D eigenvalue weighted by atomic mass is 9.99. The van der Waals surface area contributed by atoms with Crippen LogP contribution in [-0.2, 0) is 46.5 Å². The third-order valence-electron chi connectivity index (χ3n) is 5.50. The molecule has 0 saturated carbocycles. The van der Waals surface area contributed by atoms with Gasteiger partial charge in [0.05, 0.1) is 18.8 Å². The average molecular weight is 398 g/mol. The summed E-state index contributed by atoms with van der Waals surface area (Å²) in [6, 6.07) is 2.30. The molecule has 0 spiro atoms. The van der Waals surface area contributed by atoms with Crippen LogP contribution in [0, 0.1) is 6.92 Å². The van der Waals surface area contributed by atoms with E-state index in [9.17, 15) is 9.59 Å². The number of carbonyl (C=O) groups is 2. The van der Waals surface area contributed by atoms with Gasteiger partial charge in [-0.15, -0.1) is 0 Å². The summed E-state index contributed by atoms with van der Waals surface area (Å²) < 4.78 is 12.0. The van der Waals surface area contributed by atoms with E-state index < -0.39 is 18.2 Å². The normalized spacial score (nSPS) is 15.5. The van der Waals surface area contributed by atoms with Crippen molar-refractivity contribution in [3.05, 3.63) is 40.5 Å². The van der Waals surface area contributed by atoms with Gasteiger partial charge in [-0.2, -0.15) is 5.10 Å². The Labute approximate surface area is 169 Å². The molecule has 4 rings (SSSR count). The summed E-state index contributed by atoms with van der Waals surface area (Å²) >= 11 is 0. The van der Waals surface area contributed by atoms with Crippen molar-refractivity contribution in [3.63, 3.8) is 0 Å². The fourth-order valence-corrected chi connectivity index (χ4v) is 4.27. The summed E-state index contributed by atoms with van der Waals surface area (Å²) in [7, 11) is 0. The minimum atomic E-state index is -1.10. The molecular weight excluding hydrogens is 372 g/mol. The Balaban J connectivity index is 1.52. The number of fused-ring (bicyclic) bond motifs is 2. The molecule has 29 heavy (non-hydrogen) atoms. The maximum absolute atomic E-state index is 12.7. The number of hydrogen-bond donors (Lipinski definition) is 1. The number of rotatable bonds is 6. The predicted molar refractivity (Wildman–Crippen MR) is 106 cm³/mol. The molecule has 2 aliphatic rings. The van der Waals surface area contributed by atoms with Crippen LogP contribution in [0.1, 0.15) is 47.8 Å². The molecule has 8 heteroatoms. The molecule has 0 aliphatic heterocycles. The van der Waals surface area contributed by atoms with Crippen LogP contribution in [0.25, 0.3) is 0 Å². The number of aryl methyl sites for hydroxylation is 3. The highest BCUT2D eigenvalue weighted by atomic mass is 16.6. The van der Waals surface area contributed by atoms with Gasteiger partial charge in [-0.1, -0.05) is 6.07 Å². The second-order valence-corrected chi connectivity index (χ2v) is 7.52. The number of nitrogens with zero attached hydrogens (tertiary/aromatic N) is 3. The fourth-order valence-electron chi connectivity index (χ4n) is 4.27. The lowest BCUT2D eigenvalue weighted by molar-refractivity contribution is -0.153. The summed E-state index contributed by atoms with van der Waals surface area (Å²) in [6.45, 7) is 3.72. The number of ether oxygens (including phenoxy) is 2. The van der Waals surface area contributed by atoms with Gasteiger partial charge in [0, 0.05) is 0 Å². The summed E-state index contributed by atoms with van der Waals surface area (Å²) in [5.41, 5.74) is 5.95. The van der Waals surface area contributed by atoms with Gasteiger partial charge >= 0.3 is 12.1 Å². The lowest BCUT2D eigenvalue weighted by Crippen LogP contribution is -2.35. The van der Waals surface area contributed by atoms with E-state index in [0.29, 0.717) is 5.82 Å². The summed E-state index contributed by atoms with van der Waals surface area (Å²) in [5.74, 6) is -0.0215. The molecule has 8 nitrogen and oxygen atoms in total. The zero-order valence-electron chi connectivity index (χ0n) is 16.9. The number of anilines is 1. The van der Waals surface area contributed by atoms with Crippen molar-refractivity contribution in [2.24, 2.45) is 0 Å². The second-order valence-electron chi connectivity index (χ2n) is 7.52. The predicted octanol–water partition coefficient (Wildman–Crippen LogP) is 2.74. The monoisotopic (exact) mass is 398 g/mol. The lowest BCUT2D eigenvalue weighted by Gasteiger charge is -2.19. The van der Waals surface area contributed by atoms with Gasteiger partial charge < -0.3 is 9.47 Å². The maximum Gasteiger partial charge on any atom is 0.412 e. The van der Waals surface area contributed by atoms with Crippen molar-refractivity contribution in [3.8, 4) is 0 Å². The van der Waals surface area contributed by atoms with Crippen LogP contribution in [0.4, 0.5) is 10.5 Å². The van der Waals surface area contributed by atoms with Crippen molar-refractivity contribution in [2.45, 2.75) is 65.0 Å². The van der Waals surface area contributed by atoms with Gasteiger partial charge in [0.15, 0.2) is 0 Å². The Hall–Kier alpha value is -2.90. The molecular formula is C21H26N4O4. The first kappa shape index (κ1) is 19.4. The molecule has 1 aromatic carbocycles. The molecule has 0 bridgehead atoms. The molecule has 0 radical (unpaired) electrons. The first-order valence-electron chi connectivity index (χ1n) is 10.2. The van der Waals surface area contributed by atoms with Crippen LogP contribution in [-0.4, -0.2) is 39.5 Å². The van der Waals surface area contributed by atoms with E-state index in [0.717, 1.165) is 44.2 Å². The molecule has 2 aliphatic carbocycles. The molecule has 1 heterocycles. The van der Waals surface area contributed by atoms with E-state index >= 15 is 0 Å². The Kier molecular flexibility index (Phi) is 5.51. The van der Waals surface area contributed by atoms with Gasteiger partial charge in [-0.25, -0.2) is 19.3 Å². The summed E-state index contributed by atoms with van der Waals surface area (Å²) in [5, 5.41) is 7.11. The van der Waals surface area contributed by atoms with Crippen LogP contribution < -0.4 is 5.32 Å².